The van der Waals surface area contributed by atoms with Gasteiger partial charge in [-0.3, -0.25) is 0 Å². The maximum atomic E-state index is 13.3. The maximum Gasteiger partial charge on any atom is 0.215 e. The number of nitrogens with zero attached hydrogens (tertiary/aromatic N) is 4. The lowest BCUT2D eigenvalue weighted by atomic mass is 10.0. The van der Waals surface area contributed by atoms with Gasteiger partial charge in [0.2, 0.25) is 5.88 Å². The quantitative estimate of drug-likeness (QED) is 0.546. The first kappa shape index (κ1) is 16.1. The molecular formula is C19H14F2N4O. The van der Waals surface area contributed by atoms with E-state index in [1.54, 1.807) is 35.0 Å². The Labute approximate surface area is 147 Å². The Morgan fingerprint density at radius 2 is 1.88 bits per heavy atom. The zero-order valence-corrected chi connectivity index (χ0v) is 13.6. The average molecular weight is 352 g/mol. The Bertz CT molecular complexity index is 1030. The molecule has 0 fully saturated rings. The average Bonchev–Trinajstić information content (AvgIpc) is 3.07. The minimum atomic E-state index is -0.596. The minimum absolute atomic E-state index is 0.0618. The van der Waals surface area contributed by atoms with Gasteiger partial charge in [0.1, 0.15) is 31.1 Å². The smallest absolute Gasteiger partial charge is 0.215 e. The molecule has 0 unspecified atom stereocenters. The molecule has 0 saturated heterocycles. The second-order valence-corrected chi connectivity index (χ2v) is 5.52. The third-order valence-corrected chi connectivity index (χ3v) is 3.91. The molecule has 26 heavy (non-hydrogen) atoms. The summed E-state index contributed by atoms with van der Waals surface area (Å²) in [5.41, 5.74) is 3.56. The number of halogens is 2. The number of benzene rings is 1. The first-order valence-electron chi connectivity index (χ1n) is 8.01. The second kappa shape index (κ2) is 6.87. The van der Waals surface area contributed by atoms with Crippen LogP contribution in [0.5, 0.6) is 5.88 Å². The Kier molecular flexibility index (Phi) is 4.27. The summed E-state index contributed by atoms with van der Waals surface area (Å²) in [4.78, 5) is 8.28. The van der Waals surface area contributed by atoms with E-state index in [1.807, 2.05) is 12.1 Å². The summed E-state index contributed by atoms with van der Waals surface area (Å²) in [6.45, 7) is -0.658. The lowest BCUT2D eigenvalue weighted by molar-refractivity contribution is 0.259. The first-order chi connectivity index (χ1) is 12.8. The number of aromatic nitrogens is 4. The van der Waals surface area contributed by atoms with E-state index in [0.29, 0.717) is 17.3 Å². The molecule has 0 saturated carbocycles. The van der Waals surface area contributed by atoms with E-state index >= 15 is 0 Å². The van der Waals surface area contributed by atoms with Gasteiger partial charge in [-0.1, -0.05) is 6.07 Å². The van der Waals surface area contributed by atoms with Crippen molar-refractivity contribution in [2.24, 2.45) is 0 Å². The number of hydrogen-bond donors (Lipinski definition) is 0. The summed E-state index contributed by atoms with van der Waals surface area (Å²) in [6, 6.07) is 13.2. The Morgan fingerprint density at radius 3 is 2.62 bits per heavy atom. The molecule has 4 aromatic rings. The van der Waals surface area contributed by atoms with Crippen LogP contribution in [0, 0.1) is 5.82 Å². The van der Waals surface area contributed by atoms with E-state index in [1.165, 1.54) is 18.5 Å². The Morgan fingerprint density at radius 1 is 1.04 bits per heavy atom. The van der Waals surface area contributed by atoms with Gasteiger partial charge in [0.05, 0.1) is 16.8 Å². The highest BCUT2D eigenvalue weighted by Gasteiger charge is 2.19. The summed E-state index contributed by atoms with van der Waals surface area (Å²) in [5, 5.41) is 4.63. The highest BCUT2D eigenvalue weighted by molar-refractivity contribution is 5.91. The fourth-order valence-corrected chi connectivity index (χ4v) is 2.80. The molecule has 3 aromatic heterocycles. The standard InChI is InChI=1S/C19H14F2N4O/c20-9-11-26-17-3-1-2-16-18(15-8-10-22-12-23-15)19(24-25(16)17)13-4-6-14(21)7-5-13/h1-8,10,12H,9,11H2. The van der Waals surface area contributed by atoms with Crippen LogP contribution in [0.3, 0.4) is 0 Å². The van der Waals surface area contributed by atoms with Crippen molar-refractivity contribution in [3.05, 3.63) is 66.9 Å². The van der Waals surface area contributed by atoms with Gasteiger partial charge in [-0.05, 0) is 36.4 Å². The fourth-order valence-electron chi connectivity index (χ4n) is 2.80. The van der Waals surface area contributed by atoms with Crippen molar-refractivity contribution in [3.8, 4) is 28.4 Å². The fraction of sp³-hybridized carbons (Fsp3) is 0.105. The van der Waals surface area contributed by atoms with E-state index in [2.05, 4.69) is 15.1 Å². The van der Waals surface area contributed by atoms with Gasteiger partial charge < -0.3 is 4.74 Å². The SMILES string of the molecule is FCCOc1cccc2c(-c3ccncn3)c(-c3ccc(F)cc3)nn12. The summed E-state index contributed by atoms with van der Waals surface area (Å²) in [5.74, 6) is 0.0943. The Balaban J connectivity index is 1.98. The molecule has 0 N–H and O–H groups in total. The van der Waals surface area contributed by atoms with Crippen LogP contribution in [0.2, 0.25) is 0 Å². The number of pyridine rings is 1. The first-order valence-corrected chi connectivity index (χ1v) is 8.01. The van der Waals surface area contributed by atoms with Gasteiger partial charge >= 0.3 is 0 Å². The van der Waals surface area contributed by atoms with Crippen molar-refractivity contribution in [1.29, 1.82) is 0 Å². The molecule has 0 aliphatic heterocycles. The molecule has 0 aliphatic rings. The van der Waals surface area contributed by atoms with Crippen molar-refractivity contribution in [3.63, 3.8) is 0 Å². The van der Waals surface area contributed by atoms with E-state index in [0.717, 1.165) is 16.6 Å². The topological polar surface area (TPSA) is 52.3 Å². The van der Waals surface area contributed by atoms with Crippen LogP contribution in [0.25, 0.3) is 28.0 Å². The molecule has 4 rings (SSSR count). The van der Waals surface area contributed by atoms with E-state index in [-0.39, 0.29) is 12.4 Å². The Hall–Kier alpha value is -3.35. The lowest BCUT2D eigenvalue weighted by Gasteiger charge is -2.06. The molecule has 0 amide bonds. The highest BCUT2D eigenvalue weighted by atomic mass is 19.1. The van der Waals surface area contributed by atoms with Crippen LogP contribution in [-0.2, 0) is 0 Å². The van der Waals surface area contributed by atoms with Gasteiger partial charge in [0.25, 0.3) is 0 Å². The molecule has 130 valence electrons. The van der Waals surface area contributed by atoms with Crippen LogP contribution in [0.15, 0.2) is 61.1 Å². The van der Waals surface area contributed by atoms with Crippen molar-refractivity contribution in [2.75, 3.05) is 13.3 Å². The normalized spacial score (nSPS) is 11.0. The summed E-state index contributed by atoms with van der Waals surface area (Å²) in [7, 11) is 0. The van der Waals surface area contributed by atoms with E-state index in [9.17, 15) is 8.78 Å². The highest BCUT2D eigenvalue weighted by Crippen LogP contribution is 2.35. The van der Waals surface area contributed by atoms with Crippen LogP contribution < -0.4 is 4.74 Å². The van der Waals surface area contributed by atoms with Crippen molar-refractivity contribution < 1.29 is 13.5 Å². The number of rotatable bonds is 5. The van der Waals surface area contributed by atoms with Crippen LogP contribution in [-0.4, -0.2) is 32.9 Å². The lowest BCUT2D eigenvalue weighted by Crippen LogP contribution is -2.03. The van der Waals surface area contributed by atoms with Crippen molar-refractivity contribution in [2.45, 2.75) is 0 Å². The summed E-state index contributed by atoms with van der Waals surface area (Å²) < 4.78 is 32.9. The predicted octanol–water partition coefficient (Wildman–Crippen LogP) is 3.95. The second-order valence-electron chi connectivity index (χ2n) is 5.52. The minimum Gasteiger partial charge on any atom is -0.475 e. The maximum absolute atomic E-state index is 13.3. The zero-order valence-electron chi connectivity index (χ0n) is 13.6. The van der Waals surface area contributed by atoms with E-state index in [4.69, 9.17) is 4.74 Å². The summed E-state index contributed by atoms with van der Waals surface area (Å²) >= 11 is 0. The van der Waals surface area contributed by atoms with Crippen LogP contribution in [0.4, 0.5) is 8.78 Å². The van der Waals surface area contributed by atoms with Gasteiger partial charge in [0.15, 0.2) is 0 Å². The molecule has 1 aromatic carbocycles. The molecule has 0 aliphatic carbocycles. The van der Waals surface area contributed by atoms with Crippen molar-refractivity contribution >= 4 is 5.52 Å². The third-order valence-electron chi connectivity index (χ3n) is 3.91. The van der Waals surface area contributed by atoms with Gasteiger partial charge in [0, 0.05) is 17.8 Å². The van der Waals surface area contributed by atoms with Crippen LogP contribution in [0.1, 0.15) is 0 Å². The molecule has 3 heterocycles. The molecule has 0 radical (unpaired) electrons. The van der Waals surface area contributed by atoms with E-state index < -0.39 is 6.67 Å². The molecule has 0 atom stereocenters. The van der Waals surface area contributed by atoms with Crippen LogP contribution >= 0.6 is 0 Å². The number of alkyl halides is 1. The summed E-state index contributed by atoms with van der Waals surface area (Å²) in [6.07, 6.45) is 3.10. The van der Waals surface area contributed by atoms with Gasteiger partial charge in [-0.15, -0.1) is 0 Å². The zero-order chi connectivity index (χ0) is 17.9. The molecular weight excluding hydrogens is 338 g/mol. The van der Waals surface area contributed by atoms with Gasteiger partial charge in [-0.25, -0.2) is 18.7 Å². The third kappa shape index (κ3) is 2.88. The number of hydrogen-bond acceptors (Lipinski definition) is 4. The molecule has 5 nitrogen and oxygen atoms in total. The van der Waals surface area contributed by atoms with Gasteiger partial charge in [-0.2, -0.15) is 9.61 Å². The molecule has 0 spiro atoms. The number of ether oxygens (including phenoxy) is 1. The molecule has 7 heteroatoms. The largest absolute Gasteiger partial charge is 0.475 e. The predicted molar refractivity (Wildman–Crippen MR) is 93.1 cm³/mol. The van der Waals surface area contributed by atoms with Crippen molar-refractivity contribution in [1.82, 2.24) is 19.6 Å². The molecule has 0 bridgehead atoms. The monoisotopic (exact) mass is 352 g/mol. The number of fused-ring (bicyclic) bond motifs is 1.